The van der Waals surface area contributed by atoms with Gasteiger partial charge < -0.3 is 30.8 Å². The molecule has 0 unspecified atom stereocenters. The molecule has 15 heavy (non-hydrogen) atoms. The molecule has 0 amide bonds. The largest absolute Gasteiger partial charge is 0.394 e. The molecule has 0 radical (unpaired) electrons. The second kappa shape index (κ2) is 6.00. The van der Waals surface area contributed by atoms with E-state index in [2.05, 4.69) is 5.32 Å². The first-order chi connectivity index (χ1) is 7.07. The van der Waals surface area contributed by atoms with Crippen LogP contribution < -0.4 is 5.32 Å². The summed E-state index contributed by atoms with van der Waals surface area (Å²) in [5.74, 6) is 0.826. The van der Waals surface area contributed by atoms with Crippen LogP contribution in [0.4, 0.5) is 0 Å². The average molecular weight is 239 g/mol. The summed E-state index contributed by atoms with van der Waals surface area (Å²) in [6.45, 7) is 0.0773. The normalized spacial score (nSPS) is 29.8. The monoisotopic (exact) mass is 239 g/mol. The summed E-state index contributed by atoms with van der Waals surface area (Å²) in [4.78, 5) is 0. The van der Waals surface area contributed by atoms with Gasteiger partial charge in [0.2, 0.25) is 0 Å². The Kier molecular flexibility index (Phi) is 5.27. The van der Waals surface area contributed by atoms with Crippen molar-refractivity contribution in [1.82, 2.24) is 5.32 Å². The van der Waals surface area contributed by atoms with Crippen LogP contribution in [0.3, 0.4) is 0 Å². The molecule has 6 N–H and O–H groups in total. The Bertz CT molecular complexity index is 190. The van der Waals surface area contributed by atoms with E-state index in [0.29, 0.717) is 0 Å². The molecule has 6 nitrogen and oxygen atoms in total. The molecule has 5 atom stereocenters. The van der Waals surface area contributed by atoms with E-state index < -0.39 is 31.0 Å². The summed E-state index contributed by atoms with van der Waals surface area (Å²) in [6, 6.07) is 0. The van der Waals surface area contributed by atoms with Gasteiger partial charge in [-0.25, -0.2) is 0 Å². The van der Waals surface area contributed by atoms with Crippen LogP contribution in [0.5, 0.6) is 0 Å². The number of nitrogens with one attached hydrogen (secondary N) is 1. The highest BCUT2D eigenvalue weighted by Gasteiger charge is 2.35. The molecule has 0 aromatic rings. The minimum absolute atomic E-state index is 0.347. The van der Waals surface area contributed by atoms with Crippen LogP contribution in [-0.4, -0.2) is 74.2 Å². The molecular formula is C8H17NO5S. The second-order valence-electron chi connectivity index (χ2n) is 3.47. The van der Waals surface area contributed by atoms with Crippen LogP contribution in [0.15, 0.2) is 0 Å². The Balaban J connectivity index is 2.46. The number of rotatable bonds is 5. The van der Waals surface area contributed by atoms with Gasteiger partial charge >= 0.3 is 0 Å². The molecule has 1 fully saturated rings. The summed E-state index contributed by atoms with van der Waals surface area (Å²) in [6.07, 6.45) is -5.64. The molecular weight excluding hydrogens is 222 g/mol. The quantitative estimate of drug-likeness (QED) is 0.305. The lowest BCUT2D eigenvalue weighted by molar-refractivity contribution is -0.115. The van der Waals surface area contributed by atoms with Crippen LogP contribution in [0.25, 0.3) is 0 Å². The fraction of sp³-hybridized carbons (Fsp3) is 1.00. The maximum Gasteiger partial charge on any atom is 0.111 e. The molecule has 0 aliphatic carbocycles. The van der Waals surface area contributed by atoms with E-state index in [4.69, 9.17) is 10.2 Å². The Hall–Kier alpha value is 0.110. The molecule has 0 aromatic heterocycles. The highest BCUT2D eigenvalue weighted by atomic mass is 32.2. The lowest BCUT2D eigenvalue weighted by Gasteiger charge is -2.28. The van der Waals surface area contributed by atoms with E-state index in [0.717, 1.165) is 12.3 Å². The van der Waals surface area contributed by atoms with Crippen molar-refractivity contribution in [2.45, 2.75) is 29.8 Å². The van der Waals surface area contributed by atoms with Crippen LogP contribution in [0.2, 0.25) is 0 Å². The molecule has 1 aliphatic heterocycles. The third-order valence-corrected chi connectivity index (χ3v) is 3.58. The first-order valence-electron chi connectivity index (χ1n) is 4.76. The van der Waals surface area contributed by atoms with Crippen LogP contribution in [0.1, 0.15) is 0 Å². The van der Waals surface area contributed by atoms with Gasteiger partial charge in [-0.3, -0.25) is 0 Å². The van der Waals surface area contributed by atoms with Gasteiger partial charge in [-0.15, -0.1) is 11.8 Å². The first-order valence-corrected chi connectivity index (χ1v) is 5.81. The highest BCUT2D eigenvalue weighted by Crippen LogP contribution is 2.20. The minimum atomic E-state index is -1.55. The number of thioether (sulfide) groups is 1. The number of aliphatic hydroxyl groups is 5. The van der Waals surface area contributed by atoms with Crippen molar-refractivity contribution in [3.8, 4) is 0 Å². The lowest BCUT2D eigenvalue weighted by atomic mass is 10.0. The summed E-state index contributed by atoms with van der Waals surface area (Å²) < 4.78 is 0. The maximum absolute atomic E-state index is 9.65. The van der Waals surface area contributed by atoms with Gasteiger partial charge in [-0.1, -0.05) is 0 Å². The maximum atomic E-state index is 9.65. The number of aliphatic hydroxyl groups excluding tert-OH is 5. The van der Waals surface area contributed by atoms with Gasteiger partial charge in [0, 0.05) is 12.3 Å². The third kappa shape index (κ3) is 3.28. The van der Waals surface area contributed by atoms with Crippen LogP contribution in [0, 0.1) is 0 Å². The molecule has 0 saturated carbocycles. The minimum Gasteiger partial charge on any atom is -0.394 e. The van der Waals surface area contributed by atoms with Gasteiger partial charge in [0.15, 0.2) is 0 Å². The van der Waals surface area contributed by atoms with Gasteiger partial charge in [-0.2, -0.15) is 0 Å². The Labute approximate surface area is 91.9 Å². The summed E-state index contributed by atoms with van der Waals surface area (Å²) in [5, 5.41) is 48.8. The van der Waals surface area contributed by atoms with Gasteiger partial charge in [-0.05, 0) is 0 Å². The van der Waals surface area contributed by atoms with E-state index in [1.54, 1.807) is 0 Å². The molecule has 0 spiro atoms. The second-order valence-corrected chi connectivity index (χ2v) is 4.72. The zero-order valence-electron chi connectivity index (χ0n) is 8.15. The lowest BCUT2D eigenvalue weighted by Crippen LogP contribution is -2.51. The third-order valence-electron chi connectivity index (χ3n) is 2.34. The zero-order chi connectivity index (χ0) is 11.4. The fourth-order valence-corrected chi connectivity index (χ4v) is 2.47. The standard InChI is InChI=1S/C8H17NO5S/c10-3-4(11)5(12)6(13)7(14)8-9-1-2-15-8/h4-14H,1-3H2/t4-,5-,6-,7+,8-/m1/s1. The van der Waals surface area contributed by atoms with Crippen molar-refractivity contribution in [2.24, 2.45) is 0 Å². The molecule has 1 aliphatic rings. The van der Waals surface area contributed by atoms with Crippen molar-refractivity contribution in [3.63, 3.8) is 0 Å². The van der Waals surface area contributed by atoms with Crippen molar-refractivity contribution >= 4 is 11.8 Å². The molecule has 90 valence electrons. The first kappa shape index (κ1) is 13.2. The fourth-order valence-electron chi connectivity index (χ4n) is 1.38. The molecule has 1 saturated heterocycles. The molecule has 7 heteroatoms. The van der Waals surface area contributed by atoms with Gasteiger partial charge in [0.05, 0.1) is 12.0 Å². The van der Waals surface area contributed by atoms with Crippen LogP contribution >= 0.6 is 11.8 Å². The highest BCUT2D eigenvalue weighted by molar-refractivity contribution is 8.00. The Morgan fingerprint density at radius 2 is 1.87 bits per heavy atom. The summed E-state index contributed by atoms with van der Waals surface area (Å²) in [5.41, 5.74) is 0. The number of hydrogen-bond acceptors (Lipinski definition) is 7. The van der Waals surface area contributed by atoms with Crippen molar-refractivity contribution < 1.29 is 25.5 Å². The van der Waals surface area contributed by atoms with Crippen molar-refractivity contribution in [1.29, 1.82) is 0 Å². The molecule has 0 aromatic carbocycles. The SMILES string of the molecule is OC[C@@H](O)[C@@H](O)[C@@H](O)[C@H](O)[C@@H]1NCCS1. The molecule has 1 heterocycles. The zero-order valence-corrected chi connectivity index (χ0v) is 8.97. The van der Waals surface area contributed by atoms with E-state index in [1.807, 2.05) is 0 Å². The van der Waals surface area contributed by atoms with Crippen LogP contribution in [-0.2, 0) is 0 Å². The molecule has 1 rings (SSSR count). The van der Waals surface area contributed by atoms with Crippen molar-refractivity contribution in [2.75, 3.05) is 18.9 Å². The van der Waals surface area contributed by atoms with Gasteiger partial charge in [0.1, 0.15) is 24.4 Å². The van der Waals surface area contributed by atoms with E-state index in [-0.39, 0.29) is 5.37 Å². The molecule has 0 bridgehead atoms. The Morgan fingerprint density at radius 3 is 2.33 bits per heavy atom. The smallest absolute Gasteiger partial charge is 0.111 e. The predicted octanol–water partition coefficient (Wildman–Crippen LogP) is -2.92. The number of hydrogen-bond donors (Lipinski definition) is 6. The van der Waals surface area contributed by atoms with Gasteiger partial charge in [0.25, 0.3) is 0 Å². The summed E-state index contributed by atoms with van der Waals surface area (Å²) >= 11 is 1.44. The average Bonchev–Trinajstić information content (AvgIpc) is 2.78. The summed E-state index contributed by atoms with van der Waals surface area (Å²) in [7, 11) is 0. The Morgan fingerprint density at radius 1 is 1.20 bits per heavy atom. The van der Waals surface area contributed by atoms with E-state index >= 15 is 0 Å². The van der Waals surface area contributed by atoms with Crippen molar-refractivity contribution in [3.05, 3.63) is 0 Å². The predicted molar refractivity (Wildman–Crippen MR) is 55.4 cm³/mol. The van der Waals surface area contributed by atoms with E-state index in [1.165, 1.54) is 11.8 Å². The topological polar surface area (TPSA) is 113 Å². The van der Waals surface area contributed by atoms with E-state index in [9.17, 15) is 15.3 Å².